The monoisotopic (exact) mass is 520 g/mol. The van der Waals surface area contributed by atoms with Gasteiger partial charge in [0.1, 0.15) is 0 Å². The number of nitrogens with zero attached hydrogens (tertiary/aromatic N) is 2. The SMILES string of the molecule is CC(CCN1CCN(S(=O)(=O)c2cccc(C(F)(F)F)c2)c2cc(Br)ccc21)C(=O)O. The molecule has 0 amide bonds. The molecule has 6 nitrogen and oxygen atoms in total. The first kappa shape index (κ1) is 23.4. The number of sulfonamides is 1. The molecule has 1 aliphatic heterocycles. The fraction of sp³-hybridized carbons (Fsp3) is 0.350. The number of halogens is 4. The zero-order chi connectivity index (χ0) is 23.0. The summed E-state index contributed by atoms with van der Waals surface area (Å²) in [6, 6.07) is 8.70. The molecule has 31 heavy (non-hydrogen) atoms. The first-order chi connectivity index (χ1) is 14.4. The third-order valence-corrected chi connectivity index (χ3v) is 7.43. The number of aliphatic carboxylic acids is 1. The molecule has 1 atom stereocenters. The number of carboxylic acid groups (broad SMARTS) is 1. The molecule has 2 aromatic rings. The van der Waals surface area contributed by atoms with E-state index >= 15 is 0 Å². The van der Waals surface area contributed by atoms with Crippen molar-refractivity contribution in [1.29, 1.82) is 0 Å². The molecule has 0 saturated carbocycles. The van der Waals surface area contributed by atoms with Gasteiger partial charge in [0.15, 0.2) is 0 Å². The van der Waals surface area contributed by atoms with Crippen molar-refractivity contribution in [3.8, 4) is 0 Å². The summed E-state index contributed by atoms with van der Waals surface area (Å²) in [6.07, 6.45) is -4.29. The van der Waals surface area contributed by atoms with Gasteiger partial charge in [0.05, 0.1) is 34.3 Å². The molecule has 0 spiro atoms. The predicted octanol–water partition coefficient (Wildman–Crippen LogP) is 4.59. The van der Waals surface area contributed by atoms with Gasteiger partial charge >= 0.3 is 12.1 Å². The summed E-state index contributed by atoms with van der Waals surface area (Å²) in [4.78, 5) is 12.6. The Morgan fingerprint density at radius 2 is 1.87 bits per heavy atom. The first-order valence-corrected chi connectivity index (χ1v) is 11.6. The number of anilines is 2. The summed E-state index contributed by atoms with van der Waals surface area (Å²) < 4.78 is 67.5. The van der Waals surface area contributed by atoms with Crippen molar-refractivity contribution < 1.29 is 31.5 Å². The molecule has 0 radical (unpaired) electrons. The summed E-state index contributed by atoms with van der Waals surface area (Å²) >= 11 is 3.31. The lowest BCUT2D eigenvalue weighted by molar-refractivity contribution is -0.141. The van der Waals surface area contributed by atoms with Gasteiger partial charge in [-0.1, -0.05) is 28.9 Å². The smallest absolute Gasteiger partial charge is 0.416 e. The Hall–Kier alpha value is -2.27. The number of alkyl halides is 3. The van der Waals surface area contributed by atoms with E-state index in [-0.39, 0.29) is 13.1 Å². The zero-order valence-corrected chi connectivity index (χ0v) is 18.8. The van der Waals surface area contributed by atoms with Gasteiger partial charge in [-0.2, -0.15) is 13.2 Å². The van der Waals surface area contributed by atoms with Crippen molar-refractivity contribution in [2.45, 2.75) is 24.4 Å². The van der Waals surface area contributed by atoms with E-state index in [1.165, 1.54) is 0 Å². The number of benzene rings is 2. The van der Waals surface area contributed by atoms with Crippen LogP contribution in [0.5, 0.6) is 0 Å². The standard InChI is InChI=1S/C20H20BrF3N2O4S/c1-13(19(27)28)7-8-25-9-10-26(18-12-15(21)5-6-17(18)25)31(29,30)16-4-2-3-14(11-16)20(22,23)24/h2-6,11-13H,7-10H2,1H3,(H,27,28). The molecule has 168 valence electrons. The lowest BCUT2D eigenvalue weighted by Crippen LogP contribution is -2.44. The molecule has 0 bridgehead atoms. The molecule has 0 aromatic heterocycles. The molecular weight excluding hydrogens is 501 g/mol. The summed E-state index contributed by atoms with van der Waals surface area (Å²) in [7, 11) is -4.25. The highest BCUT2D eigenvalue weighted by Crippen LogP contribution is 2.39. The molecule has 0 fully saturated rings. The summed E-state index contributed by atoms with van der Waals surface area (Å²) in [5.74, 6) is -1.48. The maximum atomic E-state index is 13.2. The van der Waals surface area contributed by atoms with Crippen LogP contribution in [0, 0.1) is 5.92 Å². The highest BCUT2D eigenvalue weighted by molar-refractivity contribution is 9.10. The molecule has 2 aromatic carbocycles. The Kier molecular flexibility index (Phi) is 6.56. The van der Waals surface area contributed by atoms with Crippen molar-refractivity contribution in [2.75, 3.05) is 28.8 Å². The highest BCUT2D eigenvalue weighted by atomic mass is 79.9. The lowest BCUT2D eigenvalue weighted by atomic mass is 10.1. The van der Waals surface area contributed by atoms with Gasteiger partial charge in [-0.15, -0.1) is 0 Å². The number of hydrogen-bond acceptors (Lipinski definition) is 4. The number of carbonyl (C=O) groups is 1. The Balaban J connectivity index is 1.98. The molecule has 1 heterocycles. The van der Waals surface area contributed by atoms with Crippen LogP contribution in [0.3, 0.4) is 0 Å². The summed E-state index contributed by atoms with van der Waals surface area (Å²) in [6.45, 7) is 2.29. The van der Waals surface area contributed by atoms with Crippen LogP contribution < -0.4 is 9.21 Å². The van der Waals surface area contributed by atoms with Gasteiger partial charge in [0.2, 0.25) is 0 Å². The largest absolute Gasteiger partial charge is 0.481 e. The van der Waals surface area contributed by atoms with Crippen molar-refractivity contribution in [3.05, 3.63) is 52.5 Å². The summed E-state index contributed by atoms with van der Waals surface area (Å²) in [5, 5.41) is 9.11. The minimum Gasteiger partial charge on any atom is -0.481 e. The fourth-order valence-corrected chi connectivity index (χ4v) is 5.19. The second-order valence-electron chi connectivity index (χ2n) is 7.25. The molecule has 3 rings (SSSR count). The molecule has 1 aliphatic rings. The molecule has 1 N–H and O–H groups in total. The second-order valence-corrected chi connectivity index (χ2v) is 10.0. The van der Waals surface area contributed by atoms with Crippen LogP contribution in [0.25, 0.3) is 0 Å². The van der Waals surface area contributed by atoms with Gasteiger partial charge in [-0.25, -0.2) is 8.42 Å². The van der Waals surface area contributed by atoms with Crippen LogP contribution in [0.4, 0.5) is 24.5 Å². The average molecular weight is 521 g/mol. The topological polar surface area (TPSA) is 77.9 Å². The predicted molar refractivity (Wildman–Crippen MR) is 114 cm³/mol. The number of hydrogen-bond donors (Lipinski definition) is 1. The van der Waals surface area contributed by atoms with Crippen LogP contribution in [0.2, 0.25) is 0 Å². The molecule has 0 aliphatic carbocycles. The van der Waals surface area contributed by atoms with Gasteiger partial charge in [0.25, 0.3) is 10.0 Å². The van der Waals surface area contributed by atoms with Crippen LogP contribution >= 0.6 is 15.9 Å². The van der Waals surface area contributed by atoms with E-state index in [0.717, 1.165) is 22.5 Å². The van der Waals surface area contributed by atoms with E-state index in [9.17, 15) is 26.4 Å². The quantitative estimate of drug-likeness (QED) is 0.602. The average Bonchev–Trinajstić information content (AvgIpc) is 2.70. The maximum Gasteiger partial charge on any atom is 0.416 e. The van der Waals surface area contributed by atoms with E-state index in [1.54, 1.807) is 25.1 Å². The molecule has 11 heteroatoms. The number of carboxylic acids is 1. The van der Waals surface area contributed by atoms with Gasteiger partial charge < -0.3 is 10.0 Å². The minimum absolute atomic E-state index is 0.0173. The Morgan fingerprint density at radius 3 is 2.52 bits per heavy atom. The van der Waals surface area contributed by atoms with Crippen molar-refractivity contribution >= 4 is 43.3 Å². The Morgan fingerprint density at radius 1 is 1.16 bits per heavy atom. The Labute approximate surface area is 186 Å². The van der Waals surface area contributed by atoms with Crippen LogP contribution in [0.1, 0.15) is 18.9 Å². The third kappa shape index (κ3) is 4.98. The van der Waals surface area contributed by atoms with Gasteiger partial charge in [-0.3, -0.25) is 9.10 Å². The van der Waals surface area contributed by atoms with Gasteiger partial charge in [-0.05, 0) is 42.8 Å². The number of fused-ring (bicyclic) bond motifs is 1. The normalized spacial score (nSPS) is 15.5. The summed E-state index contributed by atoms with van der Waals surface area (Å²) in [5.41, 5.74) is -0.145. The lowest BCUT2D eigenvalue weighted by Gasteiger charge is -2.38. The van der Waals surface area contributed by atoms with E-state index in [2.05, 4.69) is 15.9 Å². The van der Waals surface area contributed by atoms with E-state index in [0.29, 0.717) is 34.9 Å². The van der Waals surface area contributed by atoms with E-state index in [4.69, 9.17) is 5.11 Å². The van der Waals surface area contributed by atoms with E-state index < -0.39 is 38.5 Å². The van der Waals surface area contributed by atoms with Gasteiger partial charge in [0, 0.05) is 17.6 Å². The highest BCUT2D eigenvalue weighted by Gasteiger charge is 2.35. The zero-order valence-electron chi connectivity index (χ0n) is 16.4. The first-order valence-electron chi connectivity index (χ1n) is 9.38. The molecular formula is C20H20BrF3N2O4S. The second kappa shape index (κ2) is 8.70. The van der Waals surface area contributed by atoms with Crippen molar-refractivity contribution in [2.24, 2.45) is 5.92 Å². The Bertz CT molecular complexity index is 1090. The fourth-order valence-electron chi connectivity index (χ4n) is 3.33. The van der Waals surface area contributed by atoms with Crippen LogP contribution in [-0.2, 0) is 21.0 Å². The molecule has 0 saturated heterocycles. The maximum absolute atomic E-state index is 13.2. The van der Waals surface area contributed by atoms with E-state index in [1.807, 2.05) is 4.90 Å². The minimum atomic E-state index is -4.66. The molecule has 1 unspecified atom stereocenters. The number of rotatable bonds is 6. The van der Waals surface area contributed by atoms with Crippen LogP contribution in [0.15, 0.2) is 51.8 Å². The van der Waals surface area contributed by atoms with Crippen LogP contribution in [-0.4, -0.2) is 39.1 Å². The third-order valence-electron chi connectivity index (χ3n) is 5.12. The van der Waals surface area contributed by atoms with Crippen molar-refractivity contribution in [1.82, 2.24) is 0 Å². The van der Waals surface area contributed by atoms with Crippen molar-refractivity contribution in [3.63, 3.8) is 0 Å².